The van der Waals surface area contributed by atoms with Gasteiger partial charge in [-0.2, -0.15) is 0 Å². The largest absolute Gasteiger partial charge is 0.0619 e. The molecule has 0 aliphatic carbocycles. The van der Waals surface area contributed by atoms with Crippen molar-refractivity contribution in [3.63, 3.8) is 0 Å². The van der Waals surface area contributed by atoms with Gasteiger partial charge in [0.25, 0.3) is 0 Å². The summed E-state index contributed by atoms with van der Waals surface area (Å²) in [6.07, 6.45) is 0. The Morgan fingerprint density at radius 3 is 0.906 bits per heavy atom. The van der Waals surface area contributed by atoms with E-state index in [0.29, 0.717) is 0 Å². The van der Waals surface area contributed by atoms with Crippen molar-refractivity contribution in [3.8, 4) is 33.4 Å². The van der Waals surface area contributed by atoms with Crippen LogP contribution in [0.1, 0.15) is 184 Å². The zero-order valence-electron chi connectivity index (χ0n) is 60.7. The van der Waals surface area contributed by atoms with Crippen molar-refractivity contribution in [1.82, 2.24) is 0 Å². The number of benzene rings is 15. The van der Waals surface area contributed by atoms with Crippen LogP contribution in [0.5, 0.6) is 0 Å². The molecule has 0 aliphatic heterocycles. The third kappa shape index (κ3) is 8.71. The highest BCUT2D eigenvalue weighted by Gasteiger charge is 2.33. The molecule has 0 amide bonds. The Kier molecular flexibility index (Phi) is 12.3. The molecule has 0 heterocycles. The van der Waals surface area contributed by atoms with Gasteiger partial charge in [-0.1, -0.05) is 297 Å². The number of rotatable bonds is 3. The SMILES string of the molecule is CC(C)(C)c1cc(-c2c3cc4c(cc3c(-c3cc(C(C)(C)C)cc(C(C)(C)C)c3)c3c5ccc6c7cc(C(C)(C)C)cc8cc(C(C)(C)C)cc(c9ccc(c23)c5c96)c87)c2ccc3c5ccc(-c6ccccc6C(C)(C)C)c6cccc(c7ccc4c2c73)c65)cc(C(C)(C)C)c1. The Morgan fingerprint density at radius 1 is 0.177 bits per heavy atom. The van der Waals surface area contributed by atoms with Gasteiger partial charge in [0, 0.05) is 0 Å². The number of hydrogen-bond donors (Lipinski definition) is 0. The van der Waals surface area contributed by atoms with Crippen LogP contribution in [0.15, 0.2) is 176 Å². The maximum atomic E-state index is 2.68. The third-order valence-electron chi connectivity index (χ3n) is 22.8. The molecule has 0 aliphatic rings. The van der Waals surface area contributed by atoms with Gasteiger partial charge in [-0.05, 0) is 275 Å². The standard InChI is InChI=1S/C96H92/c1-90(2,3)54-41-52(42-55(45-54)91(4,5)6)81-77-49-73-67-33-31-65-63-27-24-26-62-60(61-25-22-23-28-79(61)96(19,20)21)29-30-64(83(62)63)66-32-34-68(85(67)84(65)66)74(73)50-78(77)82(53-43-56(92(7,8)9)46-57(44-53)93(10,11)12)89-72-38-36-70-76-48-59(95(16,17)18)40-51-39-58(94(13,14)15)47-75(80(51)76)69-35-37-71(88(81)89)87(72)86(69)70/h22-50H,1-21H3. The minimum absolute atomic E-state index is 0.00828. The van der Waals surface area contributed by atoms with Crippen LogP contribution in [0.2, 0.25) is 0 Å². The molecule has 0 N–H and O–H groups in total. The lowest BCUT2D eigenvalue weighted by Crippen LogP contribution is -2.16. The second kappa shape index (κ2) is 19.5. The van der Waals surface area contributed by atoms with Gasteiger partial charge >= 0.3 is 0 Å². The number of hydrogen-bond acceptors (Lipinski definition) is 0. The van der Waals surface area contributed by atoms with Crippen LogP contribution < -0.4 is 0 Å². The lowest BCUT2D eigenvalue weighted by atomic mass is 9.76. The van der Waals surface area contributed by atoms with Crippen molar-refractivity contribution < 1.29 is 0 Å². The maximum absolute atomic E-state index is 2.68. The average Bonchev–Trinajstić information content (AvgIpc) is 1.46. The van der Waals surface area contributed by atoms with Crippen molar-refractivity contribution >= 4 is 140 Å². The van der Waals surface area contributed by atoms with E-state index in [1.807, 2.05) is 0 Å². The zero-order valence-corrected chi connectivity index (χ0v) is 60.7. The maximum Gasteiger partial charge on any atom is -0.000740 e. The van der Waals surface area contributed by atoms with Gasteiger partial charge in [-0.3, -0.25) is 0 Å². The van der Waals surface area contributed by atoms with E-state index in [9.17, 15) is 0 Å². The molecule has 0 spiro atoms. The van der Waals surface area contributed by atoms with Crippen molar-refractivity contribution in [2.75, 3.05) is 0 Å². The molecule has 0 saturated carbocycles. The minimum Gasteiger partial charge on any atom is -0.0619 e. The quantitative estimate of drug-likeness (QED) is 0.122. The molecule has 96 heavy (non-hydrogen) atoms. The molecular formula is C96H92. The molecule has 0 heteroatoms. The van der Waals surface area contributed by atoms with Gasteiger partial charge in [0.2, 0.25) is 0 Å². The fourth-order valence-electron chi connectivity index (χ4n) is 17.4. The van der Waals surface area contributed by atoms with Crippen LogP contribution in [0.4, 0.5) is 0 Å². The number of fused-ring (bicyclic) bond motifs is 11. The van der Waals surface area contributed by atoms with E-state index in [2.05, 4.69) is 321 Å². The first kappa shape index (κ1) is 60.8. The molecule has 0 saturated heterocycles. The molecule has 0 unspecified atom stereocenters. The van der Waals surface area contributed by atoms with Gasteiger partial charge in [0.15, 0.2) is 0 Å². The van der Waals surface area contributed by atoms with E-state index in [0.717, 1.165) is 0 Å². The van der Waals surface area contributed by atoms with Crippen LogP contribution in [-0.2, 0) is 37.9 Å². The second-order valence-corrected chi connectivity index (χ2v) is 36.5. The Labute approximate surface area is 568 Å². The van der Waals surface area contributed by atoms with Gasteiger partial charge in [0.05, 0.1) is 0 Å². The van der Waals surface area contributed by atoms with Crippen LogP contribution in [0.25, 0.3) is 173 Å². The molecule has 17 rings (SSSR count). The molecule has 0 fully saturated rings. The van der Waals surface area contributed by atoms with Gasteiger partial charge < -0.3 is 0 Å². The summed E-state index contributed by atoms with van der Waals surface area (Å²) in [5.41, 5.74) is 16.9. The second-order valence-electron chi connectivity index (χ2n) is 36.5. The van der Waals surface area contributed by atoms with Crippen molar-refractivity contribution in [2.45, 2.75) is 183 Å². The van der Waals surface area contributed by atoms with Gasteiger partial charge in [0.1, 0.15) is 0 Å². The van der Waals surface area contributed by atoms with Gasteiger partial charge in [-0.15, -0.1) is 0 Å². The van der Waals surface area contributed by atoms with Crippen LogP contribution in [0.3, 0.4) is 0 Å². The molecule has 17 aromatic rings. The lowest BCUT2D eigenvalue weighted by molar-refractivity contribution is 0.568. The van der Waals surface area contributed by atoms with Gasteiger partial charge in [-0.25, -0.2) is 0 Å². The first-order valence-electron chi connectivity index (χ1n) is 35.6. The van der Waals surface area contributed by atoms with Crippen molar-refractivity contribution in [3.05, 3.63) is 215 Å². The van der Waals surface area contributed by atoms with E-state index in [4.69, 9.17) is 0 Å². The highest BCUT2D eigenvalue weighted by atomic mass is 14.4. The van der Waals surface area contributed by atoms with E-state index in [-0.39, 0.29) is 37.9 Å². The molecule has 476 valence electrons. The summed E-state index contributed by atoms with van der Waals surface area (Å²) in [7, 11) is 0. The first-order chi connectivity index (χ1) is 45.0. The van der Waals surface area contributed by atoms with Crippen molar-refractivity contribution in [2.24, 2.45) is 0 Å². The summed E-state index contributed by atoms with van der Waals surface area (Å²) >= 11 is 0. The van der Waals surface area contributed by atoms with E-state index < -0.39 is 0 Å². The highest BCUT2D eigenvalue weighted by molar-refractivity contribution is 6.48. The molecule has 0 atom stereocenters. The summed E-state index contributed by atoms with van der Waals surface area (Å²) in [4.78, 5) is 0. The zero-order chi connectivity index (χ0) is 67.5. The fraction of sp³-hybridized carbons (Fsp3) is 0.292. The first-order valence-corrected chi connectivity index (χ1v) is 35.6. The van der Waals surface area contributed by atoms with E-state index >= 15 is 0 Å². The van der Waals surface area contributed by atoms with Crippen molar-refractivity contribution in [1.29, 1.82) is 0 Å². The smallest absolute Gasteiger partial charge is 0.000740 e. The lowest BCUT2D eigenvalue weighted by Gasteiger charge is -2.28. The molecule has 0 nitrogen and oxygen atoms in total. The van der Waals surface area contributed by atoms with Crippen LogP contribution in [-0.4, -0.2) is 0 Å². The van der Waals surface area contributed by atoms with E-state index in [1.54, 1.807) is 0 Å². The van der Waals surface area contributed by atoms with Crippen LogP contribution in [0, 0.1) is 0 Å². The summed E-state index contributed by atoms with van der Waals surface area (Å²) in [6.45, 7) is 50.1. The molecule has 0 radical (unpaired) electrons. The fourth-order valence-corrected chi connectivity index (χ4v) is 17.4. The monoisotopic (exact) mass is 1240 g/mol. The topological polar surface area (TPSA) is 0 Å². The predicted octanol–water partition coefficient (Wildman–Crippen LogP) is 28.5. The Morgan fingerprint density at radius 2 is 0.500 bits per heavy atom. The summed E-state index contributed by atoms with van der Waals surface area (Å²) in [5, 5.41) is 34.8. The molecular weight excluding hydrogens is 1150 g/mol. The molecule has 0 bridgehead atoms. The Balaban J connectivity index is 1.09. The van der Waals surface area contributed by atoms with E-state index in [1.165, 1.54) is 212 Å². The Bertz CT molecular complexity index is 5810. The molecule has 17 aromatic carbocycles. The van der Waals surface area contributed by atoms with Crippen LogP contribution >= 0.6 is 0 Å². The minimum atomic E-state index is -0.109. The average molecular weight is 1250 g/mol. The normalized spacial score (nSPS) is 13.9. The Hall–Kier alpha value is -8.84. The molecule has 0 aromatic heterocycles. The summed E-state index contributed by atoms with van der Waals surface area (Å²) in [5.74, 6) is 0. The highest BCUT2D eigenvalue weighted by Crippen LogP contribution is 2.58. The summed E-state index contributed by atoms with van der Waals surface area (Å²) < 4.78 is 0. The summed E-state index contributed by atoms with van der Waals surface area (Å²) in [6, 6.07) is 71.9. The predicted molar refractivity (Wildman–Crippen MR) is 426 cm³/mol. The third-order valence-corrected chi connectivity index (χ3v) is 22.8.